The van der Waals surface area contributed by atoms with Crippen molar-refractivity contribution in [3.05, 3.63) is 66.4 Å². The summed E-state index contributed by atoms with van der Waals surface area (Å²) in [6, 6.07) is 16.3. The predicted molar refractivity (Wildman–Crippen MR) is 99.4 cm³/mol. The van der Waals surface area contributed by atoms with Gasteiger partial charge in [-0.1, -0.05) is 18.2 Å². The Hall–Kier alpha value is -3.61. The van der Waals surface area contributed by atoms with Crippen LogP contribution in [0.1, 0.15) is 10.4 Å². The molecule has 0 aliphatic heterocycles. The van der Waals surface area contributed by atoms with Crippen LogP contribution in [-0.4, -0.2) is 30.2 Å². The van der Waals surface area contributed by atoms with Crippen molar-refractivity contribution < 1.29 is 14.3 Å². The number of ether oxygens (including phenoxy) is 2. The summed E-state index contributed by atoms with van der Waals surface area (Å²) in [7, 11) is 2.96. The minimum atomic E-state index is -0.432. The maximum atomic E-state index is 11.9. The molecule has 0 unspecified atom stereocenters. The number of para-hydroxylation sites is 1. The van der Waals surface area contributed by atoms with Gasteiger partial charge in [-0.05, 0) is 30.3 Å². The van der Waals surface area contributed by atoms with Crippen LogP contribution in [0.5, 0.6) is 5.75 Å². The number of esters is 1. The maximum Gasteiger partial charge on any atom is 0.339 e. The van der Waals surface area contributed by atoms with Crippen molar-refractivity contribution in [2.24, 2.45) is 0 Å². The number of carbonyl (C=O) groups excluding carboxylic acids is 1. The van der Waals surface area contributed by atoms with E-state index in [0.717, 1.165) is 11.4 Å². The molecule has 0 amide bonds. The Balaban J connectivity index is 1.81. The van der Waals surface area contributed by atoms with Gasteiger partial charge in [-0.2, -0.15) is 4.98 Å². The average molecular weight is 350 g/mol. The van der Waals surface area contributed by atoms with Crippen molar-refractivity contribution in [1.82, 2.24) is 9.97 Å². The monoisotopic (exact) mass is 350 g/mol. The molecule has 7 nitrogen and oxygen atoms in total. The van der Waals surface area contributed by atoms with Crippen LogP contribution in [0, 0.1) is 0 Å². The summed E-state index contributed by atoms with van der Waals surface area (Å²) in [4.78, 5) is 20.5. The van der Waals surface area contributed by atoms with Crippen molar-refractivity contribution in [1.29, 1.82) is 0 Å². The number of hydrogen-bond donors (Lipinski definition) is 2. The summed E-state index contributed by atoms with van der Waals surface area (Å²) >= 11 is 0. The fraction of sp³-hybridized carbons (Fsp3) is 0.105. The Kier molecular flexibility index (Phi) is 5.28. The van der Waals surface area contributed by atoms with E-state index in [1.807, 2.05) is 30.3 Å². The summed E-state index contributed by atoms with van der Waals surface area (Å²) in [5.74, 6) is 1.27. The molecule has 0 spiro atoms. The van der Waals surface area contributed by atoms with E-state index in [2.05, 4.69) is 20.6 Å². The molecule has 0 aliphatic rings. The van der Waals surface area contributed by atoms with Crippen LogP contribution in [0.3, 0.4) is 0 Å². The third-order valence-corrected chi connectivity index (χ3v) is 3.58. The molecule has 3 aromatic rings. The molecule has 0 saturated heterocycles. The SMILES string of the molecule is COC(=O)c1ccccc1Nc1nccc(Nc2cccc(OC)c2)n1. The highest BCUT2D eigenvalue weighted by Gasteiger charge is 2.12. The molecule has 0 atom stereocenters. The van der Waals surface area contributed by atoms with Crippen molar-refractivity contribution >= 4 is 29.1 Å². The highest BCUT2D eigenvalue weighted by molar-refractivity contribution is 5.96. The molecule has 1 aromatic heterocycles. The Bertz CT molecular complexity index is 915. The predicted octanol–water partition coefficient (Wildman–Crippen LogP) is 3.76. The first-order valence-electron chi connectivity index (χ1n) is 7.88. The number of methoxy groups -OCH3 is 2. The molecule has 2 N–H and O–H groups in total. The second-order valence-corrected chi connectivity index (χ2v) is 5.28. The minimum Gasteiger partial charge on any atom is -0.497 e. The molecule has 3 rings (SSSR count). The Morgan fingerprint density at radius 1 is 1.00 bits per heavy atom. The number of nitrogens with one attached hydrogen (secondary N) is 2. The van der Waals surface area contributed by atoms with E-state index in [0.29, 0.717) is 23.0 Å². The van der Waals surface area contributed by atoms with Gasteiger partial charge in [-0.25, -0.2) is 9.78 Å². The highest BCUT2D eigenvalue weighted by atomic mass is 16.5. The Morgan fingerprint density at radius 2 is 1.85 bits per heavy atom. The van der Waals surface area contributed by atoms with E-state index in [1.54, 1.807) is 37.6 Å². The van der Waals surface area contributed by atoms with Gasteiger partial charge in [0.1, 0.15) is 11.6 Å². The Morgan fingerprint density at radius 3 is 2.65 bits per heavy atom. The van der Waals surface area contributed by atoms with Gasteiger partial charge >= 0.3 is 5.97 Å². The van der Waals surface area contributed by atoms with Crippen LogP contribution in [0.2, 0.25) is 0 Å². The number of carbonyl (C=O) groups is 1. The van der Waals surface area contributed by atoms with Crippen LogP contribution in [0.25, 0.3) is 0 Å². The zero-order valence-corrected chi connectivity index (χ0v) is 14.4. The van der Waals surface area contributed by atoms with E-state index in [-0.39, 0.29) is 0 Å². The molecule has 0 saturated carbocycles. The zero-order valence-electron chi connectivity index (χ0n) is 14.4. The molecule has 132 valence electrons. The summed E-state index contributed by atoms with van der Waals surface area (Å²) in [6.07, 6.45) is 1.62. The number of anilines is 4. The minimum absolute atomic E-state index is 0.356. The summed E-state index contributed by atoms with van der Waals surface area (Å²) in [5, 5.41) is 6.24. The van der Waals surface area contributed by atoms with Crippen LogP contribution in [-0.2, 0) is 4.74 Å². The lowest BCUT2D eigenvalue weighted by atomic mass is 10.2. The molecule has 0 aliphatic carbocycles. The molecule has 0 bridgehead atoms. The van der Waals surface area contributed by atoms with Crippen LogP contribution in [0.15, 0.2) is 60.8 Å². The van der Waals surface area contributed by atoms with Crippen molar-refractivity contribution in [3.8, 4) is 5.75 Å². The fourth-order valence-corrected chi connectivity index (χ4v) is 2.34. The Labute approximate surface area is 151 Å². The van der Waals surface area contributed by atoms with E-state index in [1.165, 1.54) is 7.11 Å². The smallest absolute Gasteiger partial charge is 0.339 e. The number of nitrogens with zero attached hydrogens (tertiary/aromatic N) is 2. The fourth-order valence-electron chi connectivity index (χ4n) is 2.34. The van der Waals surface area contributed by atoms with Crippen molar-refractivity contribution in [3.63, 3.8) is 0 Å². The van der Waals surface area contributed by atoms with Crippen molar-refractivity contribution in [2.45, 2.75) is 0 Å². The van der Waals surface area contributed by atoms with Gasteiger partial charge in [0.05, 0.1) is 25.5 Å². The largest absolute Gasteiger partial charge is 0.497 e. The standard InChI is InChI=1S/C19H18N4O3/c1-25-14-7-5-6-13(12-14)21-17-10-11-20-19(23-17)22-16-9-4-3-8-15(16)18(24)26-2/h3-12H,1-2H3,(H2,20,21,22,23). The molecule has 0 radical (unpaired) electrons. The van der Waals surface area contributed by atoms with E-state index < -0.39 is 5.97 Å². The average Bonchev–Trinajstić information content (AvgIpc) is 2.68. The second-order valence-electron chi connectivity index (χ2n) is 5.28. The number of aromatic nitrogens is 2. The number of benzene rings is 2. The van der Waals surface area contributed by atoms with Gasteiger partial charge in [0.15, 0.2) is 0 Å². The molecule has 2 aromatic carbocycles. The highest BCUT2D eigenvalue weighted by Crippen LogP contribution is 2.22. The first-order chi connectivity index (χ1) is 12.7. The summed E-state index contributed by atoms with van der Waals surface area (Å²) in [6.45, 7) is 0. The number of hydrogen-bond acceptors (Lipinski definition) is 7. The van der Waals surface area contributed by atoms with Crippen molar-refractivity contribution in [2.75, 3.05) is 24.9 Å². The van der Waals surface area contributed by atoms with Gasteiger partial charge in [-0.15, -0.1) is 0 Å². The lowest BCUT2D eigenvalue weighted by Crippen LogP contribution is -2.07. The van der Waals surface area contributed by atoms with Gasteiger partial charge in [0, 0.05) is 18.0 Å². The summed E-state index contributed by atoms with van der Waals surface area (Å²) in [5.41, 5.74) is 1.81. The second kappa shape index (κ2) is 7.98. The van der Waals surface area contributed by atoms with Gasteiger partial charge in [-0.3, -0.25) is 0 Å². The maximum absolute atomic E-state index is 11.9. The lowest BCUT2D eigenvalue weighted by molar-refractivity contribution is 0.0602. The molecular formula is C19H18N4O3. The normalized spacial score (nSPS) is 10.1. The molecule has 0 fully saturated rings. The van der Waals surface area contributed by atoms with E-state index in [4.69, 9.17) is 9.47 Å². The third kappa shape index (κ3) is 4.07. The molecular weight excluding hydrogens is 332 g/mol. The lowest BCUT2D eigenvalue weighted by Gasteiger charge is -2.11. The first kappa shape index (κ1) is 17.2. The molecule has 7 heteroatoms. The van der Waals surface area contributed by atoms with E-state index in [9.17, 15) is 4.79 Å². The van der Waals surface area contributed by atoms with E-state index >= 15 is 0 Å². The quantitative estimate of drug-likeness (QED) is 0.655. The zero-order chi connectivity index (χ0) is 18.4. The molecule has 26 heavy (non-hydrogen) atoms. The summed E-state index contributed by atoms with van der Waals surface area (Å²) < 4.78 is 10.0. The van der Waals surface area contributed by atoms with Gasteiger partial charge < -0.3 is 20.1 Å². The third-order valence-electron chi connectivity index (χ3n) is 3.58. The topological polar surface area (TPSA) is 85.4 Å². The first-order valence-corrected chi connectivity index (χ1v) is 7.88. The van der Waals surface area contributed by atoms with Crippen LogP contribution < -0.4 is 15.4 Å². The number of rotatable bonds is 6. The van der Waals surface area contributed by atoms with Crippen LogP contribution >= 0.6 is 0 Å². The van der Waals surface area contributed by atoms with Crippen LogP contribution in [0.4, 0.5) is 23.1 Å². The van der Waals surface area contributed by atoms with Gasteiger partial charge in [0.2, 0.25) is 5.95 Å². The van der Waals surface area contributed by atoms with Gasteiger partial charge in [0.25, 0.3) is 0 Å². The molecule has 1 heterocycles.